The van der Waals surface area contributed by atoms with Crippen LogP contribution in [0, 0.1) is 12.8 Å². The number of phenolic OH excluding ortho intramolecular Hbond substituents is 1. The molecular weight excluding hydrogens is 222 g/mol. The minimum absolute atomic E-state index is 0.452. The maximum atomic E-state index is 9.99. The largest absolute Gasteiger partial charge is 0.507 e. The van der Waals surface area contributed by atoms with Crippen molar-refractivity contribution in [2.75, 3.05) is 0 Å². The highest BCUT2D eigenvalue weighted by Gasteiger charge is 2.20. The van der Waals surface area contributed by atoms with Gasteiger partial charge in [-0.2, -0.15) is 0 Å². The number of rotatable bonds is 4. The van der Waals surface area contributed by atoms with Crippen LogP contribution in [-0.2, 0) is 6.54 Å². The molecule has 0 aromatic heterocycles. The highest BCUT2D eigenvalue weighted by atomic mass is 16.3. The standard InChI is InChI=1S/C16H25NO/c1-3-13-7-5-9-15(10-13)17-11-14-8-4-6-12(2)16(14)18/h4,6,8,13,15,17-18H,3,5,7,9-11H2,1-2H3. The number of benzene rings is 1. The third-order valence-corrected chi connectivity index (χ3v) is 4.26. The average molecular weight is 247 g/mol. The molecule has 18 heavy (non-hydrogen) atoms. The van der Waals surface area contributed by atoms with Gasteiger partial charge < -0.3 is 10.4 Å². The third-order valence-electron chi connectivity index (χ3n) is 4.26. The molecule has 0 spiro atoms. The molecule has 100 valence electrons. The molecule has 1 saturated carbocycles. The zero-order chi connectivity index (χ0) is 13.0. The number of nitrogens with one attached hydrogen (secondary N) is 1. The molecular formula is C16H25NO. The van der Waals surface area contributed by atoms with Crippen LogP contribution in [0.25, 0.3) is 0 Å². The van der Waals surface area contributed by atoms with Crippen LogP contribution in [0.4, 0.5) is 0 Å². The first-order valence-corrected chi connectivity index (χ1v) is 7.21. The first-order valence-electron chi connectivity index (χ1n) is 7.21. The summed E-state index contributed by atoms with van der Waals surface area (Å²) in [5.41, 5.74) is 1.98. The van der Waals surface area contributed by atoms with Crippen molar-refractivity contribution in [2.45, 2.75) is 58.5 Å². The van der Waals surface area contributed by atoms with Crippen molar-refractivity contribution in [3.05, 3.63) is 29.3 Å². The van der Waals surface area contributed by atoms with Crippen molar-refractivity contribution < 1.29 is 5.11 Å². The zero-order valence-electron chi connectivity index (χ0n) is 11.6. The quantitative estimate of drug-likeness (QED) is 0.849. The van der Waals surface area contributed by atoms with Crippen molar-refractivity contribution in [1.82, 2.24) is 5.32 Å². The molecule has 2 unspecified atom stereocenters. The molecule has 1 aliphatic rings. The second-order valence-electron chi connectivity index (χ2n) is 5.60. The van der Waals surface area contributed by atoms with E-state index in [1.54, 1.807) is 0 Å². The van der Waals surface area contributed by atoms with Gasteiger partial charge in [0.05, 0.1) is 0 Å². The minimum atomic E-state index is 0.452. The van der Waals surface area contributed by atoms with Crippen LogP contribution in [-0.4, -0.2) is 11.1 Å². The predicted octanol–water partition coefficient (Wildman–Crippen LogP) is 3.76. The van der Waals surface area contributed by atoms with Crippen LogP contribution in [0.3, 0.4) is 0 Å². The van der Waals surface area contributed by atoms with Gasteiger partial charge in [-0.05, 0) is 31.2 Å². The summed E-state index contributed by atoms with van der Waals surface area (Å²) in [5, 5.41) is 13.6. The summed E-state index contributed by atoms with van der Waals surface area (Å²) >= 11 is 0. The maximum absolute atomic E-state index is 9.99. The molecule has 2 rings (SSSR count). The summed E-state index contributed by atoms with van der Waals surface area (Å²) in [6, 6.07) is 6.60. The lowest BCUT2D eigenvalue weighted by Crippen LogP contribution is -2.33. The van der Waals surface area contributed by atoms with Gasteiger partial charge in [-0.1, -0.05) is 44.4 Å². The Bertz CT molecular complexity index is 389. The molecule has 2 heteroatoms. The van der Waals surface area contributed by atoms with Gasteiger partial charge in [0.15, 0.2) is 0 Å². The molecule has 1 fully saturated rings. The Balaban J connectivity index is 1.89. The van der Waals surface area contributed by atoms with Crippen molar-refractivity contribution >= 4 is 0 Å². The van der Waals surface area contributed by atoms with Gasteiger partial charge in [0.1, 0.15) is 5.75 Å². The Morgan fingerprint density at radius 3 is 2.94 bits per heavy atom. The van der Waals surface area contributed by atoms with Crippen LogP contribution in [0.1, 0.15) is 50.2 Å². The fraction of sp³-hybridized carbons (Fsp3) is 0.625. The molecule has 2 nitrogen and oxygen atoms in total. The van der Waals surface area contributed by atoms with Gasteiger partial charge in [-0.3, -0.25) is 0 Å². The van der Waals surface area contributed by atoms with E-state index in [0.29, 0.717) is 11.8 Å². The summed E-state index contributed by atoms with van der Waals surface area (Å²) in [7, 11) is 0. The number of aromatic hydroxyl groups is 1. The molecule has 1 aromatic carbocycles. The van der Waals surface area contributed by atoms with E-state index in [1.165, 1.54) is 32.1 Å². The Morgan fingerprint density at radius 2 is 2.17 bits per heavy atom. The van der Waals surface area contributed by atoms with E-state index in [9.17, 15) is 5.11 Å². The summed E-state index contributed by atoms with van der Waals surface area (Å²) < 4.78 is 0. The van der Waals surface area contributed by atoms with Gasteiger partial charge in [-0.25, -0.2) is 0 Å². The topological polar surface area (TPSA) is 32.3 Å². The Labute approximate surface area is 110 Å². The molecule has 2 atom stereocenters. The lowest BCUT2D eigenvalue weighted by Gasteiger charge is -2.29. The fourth-order valence-electron chi connectivity index (χ4n) is 2.96. The van der Waals surface area contributed by atoms with Crippen molar-refractivity contribution in [1.29, 1.82) is 0 Å². The molecule has 0 amide bonds. The van der Waals surface area contributed by atoms with Gasteiger partial charge in [0.2, 0.25) is 0 Å². The van der Waals surface area contributed by atoms with Gasteiger partial charge >= 0.3 is 0 Å². The van der Waals surface area contributed by atoms with E-state index >= 15 is 0 Å². The molecule has 0 saturated heterocycles. The monoisotopic (exact) mass is 247 g/mol. The molecule has 1 aliphatic carbocycles. The van der Waals surface area contributed by atoms with E-state index < -0.39 is 0 Å². The van der Waals surface area contributed by atoms with E-state index in [4.69, 9.17) is 0 Å². The molecule has 0 radical (unpaired) electrons. The molecule has 2 N–H and O–H groups in total. The van der Waals surface area contributed by atoms with Crippen molar-refractivity contribution in [3.63, 3.8) is 0 Å². The SMILES string of the molecule is CCC1CCCC(NCc2cccc(C)c2O)C1. The first kappa shape index (κ1) is 13.4. The molecule has 1 aromatic rings. The Hall–Kier alpha value is -1.02. The lowest BCUT2D eigenvalue weighted by atomic mass is 9.84. The summed E-state index contributed by atoms with van der Waals surface area (Å²) in [5.74, 6) is 1.34. The van der Waals surface area contributed by atoms with Crippen molar-refractivity contribution in [3.8, 4) is 5.75 Å². The highest BCUT2D eigenvalue weighted by Crippen LogP contribution is 2.27. The number of phenols is 1. The first-order chi connectivity index (χ1) is 8.70. The Kier molecular flexibility index (Phi) is 4.65. The number of para-hydroxylation sites is 1. The summed E-state index contributed by atoms with van der Waals surface area (Å²) in [6.07, 6.45) is 6.61. The lowest BCUT2D eigenvalue weighted by molar-refractivity contribution is 0.277. The number of hydrogen-bond acceptors (Lipinski definition) is 2. The minimum Gasteiger partial charge on any atom is -0.507 e. The summed E-state index contributed by atoms with van der Waals surface area (Å²) in [6.45, 7) is 5.03. The van der Waals surface area contributed by atoms with Gasteiger partial charge in [-0.15, -0.1) is 0 Å². The highest BCUT2D eigenvalue weighted by molar-refractivity contribution is 5.39. The second kappa shape index (κ2) is 6.24. The van der Waals surface area contributed by atoms with Crippen LogP contribution in [0.5, 0.6) is 5.75 Å². The van der Waals surface area contributed by atoms with Crippen LogP contribution in [0.15, 0.2) is 18.2 Å². The van der Waals surface area contributed by atoms with Crippen LogP contribution in [0.2, 0.25) is 0 Å². The summed E-state index contributed by atoms with van der Waals surface area (Å²) in [4.78, 5) is 0. The van der Waals surface area contributed by atoms with Gasteiger partial charge in [0.25, 0.3) is 0 Å². The molecule has 0 aliphatic heterocycles. The van der Waals surface area contributed by atoms with Crippen LogP contribution >= 0.6 is 0 Å². The smallest absolute Gasteiger partial charge is 0.122 e. The zero-order valence-corrected chi connectivity index (χ0v) is 11.6. The van der Waals surface area contributed by atoms with Gasteiger partial charge in [0, 0.05) is 18.2 Å². The van der Waals surface area contributed by atoms with E-state index in [0.717, 1.165) is 23.6 Å². The molecule has 0 bridgehead atoms. The van der Waals surface area contributed by atoms with E-state index in [2.05, 4.69) is 12.2 Å². The number of aryl methyl sites for hydroxylation is 1. The third kappa shape index (κ3) is 3.26. The van der Waals surface area contributed by atoms with E-state index in [1.807, 2.05) is 25.1 Å². The predicted molar refractivity (Wildman–Crippen MR) is 75.7 cm³/mol. The number of hydrogen-bond donors (Lipinski definition) is 2. The Morgan fingerprint density at radius 1 is 1.33 bits per heavy atom. The normalized spacial score (nSPS) is 24.1. The van der Waals surface area contributed by atoms with E-state index in [-0.39, 0.29) is 0 Å². The second-order valence-corrected chi connectivity index (χ2v) is 5.60. The van der Waals surface area contributed by atoms with Crippen molar-refractivity contribution in [2.24, 2.45) is 5.92 Å². The average Bonchev–Trinajstić information content (AvgIpc) is 2.41. The molecule has 0 heterocycles. The fourth-order valence-corrected chi connectivity index (χ4v) is 2.96. The van der Waals surface area contributed by atoms with Crippen LogP contribution < -0.4 is 5.32 Å². The maximum Gasteiger partial charge on any atom is 0.122 e.